The van der Waals surface area contributed by atoms with Crippen molar-refractivity contribution in [3.63, 3.8) is 0 Å². The molecule has 1 aliphatic rings. The molecule has 1 aliphatic heterocycles. The lowest BCUT2D eigenvalue weighted by Gasteiger charge is -2.24. The van der Waals surface area contributed by atoms with Crippen molar-refractivity contribution in [2.24, 2.45) is 9.98 Å². The van der Waals surface area contributed by atoms with E-state index in [-0.39, 0.29) is 6.17 Å². The topological polar surface area (TPSA) is 49.9 Å². The van der Waals surface area contributed by atoms with Gasteiger partial charge in [0.25, 0.3) is 0 Å². The lowest BCUT2D eigenvalue weighted by molar-refractivity contribution is 0.669. The number of benzene rings is 10. The number of aliphatic imine (C=N–C) groups is 2. The fourth-order valence-electron chi connectivity index (χ4n) is 8.90. The molecule has 1 aromatic heterocycles. The Balaban J connectivity index is 0.934. The number of hydrogen-bond donors (Lipinski definition) is 1. The Hall–Kier alpha value is -8.08. The molecule has 12 rings (SSSR count). The molecule has 10 aromatic carbocycles. The second-order valence-electron chi connectivity index (χ2n) is 15.8. The Bertz CT molecular complexity index is 3560. The zero-order valence-corrected chi connectivity index (χ0v) is 33.1. The predicted molar refractivity (Wildman–Crippen MR) is 254 cm³/mol. The number of amidine groups is 2. The van der Waals surface area contributed by atoms with Gasteiger partial charge in [-0.25, -0.2) is 9.98 Å². The second-order valence-corrected chi connectivity index (χ2v) is 15.8. The van der Waals surface area contributed by atoms with Gasteiger partial charge in [-0.15, -0.1) is 0 Å². The van der Waals surface area contributed by atoms with Crippen molar-refractivity contribution in [2.75, 3.05) is 0 Å². The number of hydrogen-bond acceptors (Lipinski definition) is 4. The molecule has 0 radical (unpaired) electrons. The summed E-state index contributed by atoms with van der Waals surface area (Å²) in [5.41, 5.74) is 11.8. The summed E-state index contributed by atoms with van der Waals surface area (Å²) in [6.45, 7) is 0. The van der Waals surface area contributed by atoms with Crippen molar-refractivity contribution in [1.82, 2.24) is 5.32 Å². The first-order valence-corrected chi connectivity index (χ1v) is 20.7. The van der Waals surface area contributed by atoms with Gasteiger partial charge < -0.3 is 9.73 Å². The molecular weight excluding hydrogens is 743 g/mol. The predicted octanol–water partition coefficient (Wildman–Crippen LogP) is 14.5. The van der Waals surface area contributed by atoms with Gasteiger partial charge in [0.2, 0.25) is 0 Å². The van der Waals surface area contributed by atoms with Gasteiger partial charge in [0.05, 0.1) is 0 Å². The summed E-state index contributed by atoms with van der Waals surface area (Å²) in [7, 11) is 0. The molecule has 1 unspecified atom stereocenters. The molecule has 4 heteroatoms. The molecule has 1 atom stereocenters. The Morgan fingerprint density at radius 3 is 1.74 bits per heavy atom. The lowest BCUT2D eigenvalue weighted by atomic mass is 9.95. The van der Waals surface area contributed by atoms with Crippen LogP contribution in [0.3, 0.4) is 0 Å². The van der Waals surface area contributed by atoms with E-state index >= 15 is 0 Å². The molecule has 0 amide bonds. The van der Waals surface area contributed by atoms with Crippen molar-refractivity contribution in [2.45, 2.75) is 6.17 Å². The van der Waals surface area contributed by atoms with Crippen molar-refractivity contribution in [3.8, 4) is 33.4 Å². The maximum absolute atomic E-state index is 6.47. The van der Waals surface area contributed by atoms with E-state index in [4.69, 9.17) is 14.4 Å². The molecule has 0 fully saturated rings. The lowest BCUT2D eigenvalue weighted by Crippen LogP contribution is -2.33. The SMILES string of the molecule is c1ccc(-c2ccc(-c3ccc4oc5cccc(-c6ccc7ccc(C8=NC(c9ccc%10ccccc%10c9)=NC(c9ccc%10ccccc%10c9)N8)cc7c6)c5c4c3)cc2)cc1. The highest BCUT2D eigenvalue weighted by Crippen LogP contribution is 2.40. The first-order chi connectivity index (χ1) is 30.2. The van der Waals surface area contributed by atoms with Gasteiger partial charge in [-0.1, -0.05) is 170 Å². The number of fused-ring (bicyclic) bond motifs is 6. The van der Waals surface area contributed by atoms with Gasteiger partial charge >= 0.3 is 0 Å². The Morgan fingerprint density at radius 2 is 0.951 bits per heavy atom. The molecule has 0 aliphatic carbocycles. The minimum atomic E-state index is -0.320. The van der Waals surface area contributed by atoms with Crippen LogP contribution in [0.25, 0.3) is 87.6 Å². The van der Waals surface area contributed by atoms with E-state index in [1.54, 1.807) is 0 Å². The van der Waals surface area contributed by atoms with E-state index in [2.05, 4.69) is 218 Å². The molecular formula is C57H37N3O. The van der Waals surface area contributed by atoms with Crippen LogP contribution in [0.5, 0.6) is 0 Å². The molecule has 1 N–H and O–H groups in total. The van der Waals surface area contributed by atoms with Crippen molar-refractivity contribution in [1.29, 1.82) is 0 Å². The maximum atomic E-state index is 6.47. The van der Waals surface area contributed by atoms with Crippen LogP contribution in [-0.2, 0) is 0 Å². The van der Waals surface area contributed by atoms with Gasteiger partial charge in [-0.2, -0.15) is 0 Å². The molecule has 4 nitrogen and oxygen atoms in total. The van der Waals surface area contributed by atoms with Crippen molar-refractivity contribution >= 4 is 65.9 Å². The summed E-state index contributed by atoms with van der Waals surface area (Å²) in [6, 6.07) is 75.5. The first-order valence-electron chi connectivity index (χ1n) is 20.7. The van der Waals surface area contributed by atoms with E-state index in [1.165, 1.54) is 32.8 Å². The number of nitrogens with zero attached hydrogens (tertiary/aromatic N) is 2. The third-order valence-electron chi connectivity index (χ3n) is 12.1. The van der Waals surface area contributed by atoms with E-state index in [0.29, 0.717) is 5.84 Å². The number of rotatable bonds is 6. The molecule has 2 heterocycles. The van der Waals surface area contributed by atoms with E-state index in [1.807, 2.05) is 0 Å². The highest BCUT2D eigenvalue weighted by molar-refractivity contribution is 6.16. The minimum Gasteiger partial charge on any atom is -0.456 e. The zero-order chi connectivity index (χ0) is 40.3. The van der Waals surface area contributed by atoms with Crippen LogP contribution in [0, 0.1) is 0 Å². The third kappa shape index (κ3) is 6.33. The van der Waals surface area contributed by atoms with Crippen molar-refractivity contribution < 1.29 is 4.42 Å². The molecule has 0 bridgehead atoms. The average Bonchev–Trinajstić information content (AvgIpc) is 3.72. The smallest absolute Gasteiger partial charge is 0.159 e. The molecule has 0 spiro atoms. The van der Waals surface area contributed by atoms with E-state index < -0.39 is 0 Å². The van der Waals surface area contributed by atoms with Crippen LogP contribution >= 0.6 is 0 Å². The van der Waals surface area contributed by atoms with Gasteiger partial charge in [0, 0.05) is 21.9 Å². The van der Waals surface area contributed by atoms with Crippen LogP contribution in [0.15, 0.2) is 227 Å². The van der Waals surface area contributed by atoms with Crippen LogP contribution in [0.2, 0.25) is 0 Å². The Labute approximate surface area is 352 Å². The van der Waals surface area contributed by atoms with Gasteiger partial charge in [-0.3, -0.25) is 0 Å². The molecule has 286 valence electrons. The standard InChI is InChI=1S/C57H37N3O/c1-2-9-36(10-3-1)39-17-19-40(20-18-39)44-29-30-52-51(35-44)54-50(15-8-16-53(54)61-52)45-25-21-41-24-28-48(34-49(41)33-45)57-59-55(46-26-22-37-11-4-6-13-42(37)31-46)58-56(60-57)47-27-23-38-12-5-7-14-43(38)32-47/h1-35,55H,(H,58,59,60). The summed E-state index contributed by atoms with van der Waals surface area (Å²) in [5, 5.41) is 13.0. The Kier molecular flexibility index (Phi) is 8.20. The normalized spacial score (nSPS) is 14.1. The van der Waals surface area contributed by atoms with Gasteiger partial charge in [0.15, 0.2) is 5.84 Å². The maximum Gasteiger partial charge on any atom is 0.159 e. The fraction of sp³-hybridized carbons (Fsp3) is 0.0175. The van der Waals surface area contributed by atoms with Crippen molar-refractivity contribution in [3.05, 3.63) is 229 Å². The molecule has 61 heavy (non-hydrogen) atoms. The third-order valence-corrected chi connectivity index (χ3v) is 12.1. The van der Waals surface area contributed by atoms with E-state index in [0.717, 1.165) is 77.3 Å². The Morgan fingerprint density at radius 1 is 0.377 bits per heavy atom. The summed E-state index contributed by atoms with van der Waals surface area (Å²) in [6.07, 6.45) is -0.320. The summed E-state index contributed by atoms with van der Waals surface area (Å²) >= 11 is 0. The molecule has 11 aromatic rings. The average molecular weight is 780 g/mol. The highest BCUT2D eigenvalue weighted by Gasteiger charge is 2.22. The van der Waals surface area contributed by atoms with Gasteiger partial charge in [0.1, 0.15) is 23.2 Å². The first kappa shape index (κ1) is 34.9. The summed E-state index contributed by atoms with van der Waals surface area (Å²) in [4.78, 5) is 10.4. The zero-order valence-electron chi connectivity index (χ0n) is 33.1. The molecule has 0 saturated carbocycles. The summed E-state index contributed by atoms with van der Waals surface area (Å²) < 4.78 is 6.47. The second kappa shape index (κ2) is 14.3. The minimum absolute atomic E-state index is 0.320. The molecule has 0 saturated heterocycles. The highest BCUT2D eigenvalue weighted by atomic mass is 16.3. The fourth-order valence-corrected chi connectivity index (χ4v) is 8.90. The van der Waals surface area contributed by atoms with Crippen LogP contribution in [0.4, 0.5) is 0 Å². The number of furan rings is 1. The van der Waals surface area contributed by atoms with Crippen LogP contribution in [-0.4, -0.2) is 11.7 Å². The number of nitrogens with one attached hydrogen (secondary N) is 1. The van der Waals surface area contributed by atoms with Crippen LogP contribution in [0.1, 0.15) is 22.9 Å². The van der Waals surface area contributed by atoms with Crippen LogP contribution < -0.4 is 5.32 Å². The largest absolute Gasteiger partial charge is 0.456 e. The van der Waals surface area contributed by atoms with E-state index in [9.17, 15) is 0 Å². The summed E-state index contributed by atoms with van der Waals surface area (Å²) in [5.74, 6) is 1.49. The van der Waals surface area contributed by atoms with Gasteiger partial charge in [-0.05, 0) is 114 Å². The monoisotopic (exact) mass is 779 g/mol. The quantitative estimate of drug-likeness (QED) is 0.183.